The normalized spacial score (nSPS) is 9.80. The van der Waals surface area contributed by atoms with Crippen LogP contribution in [0.4, 0.5) is 4.39 Å². The highest BCUT2D eigenvalue weighted by molar-refractivity contribution is 9.08. The molecule has 0 fully saturated rings. The number of rotatable bonds is 1. The van der Waals surface area contributed by atoms with Gasteiger partial charge >= 0.3 is 0 Å². The molecule has 0 radical (unpaired) electrons. The monoisotopic (exact) mass is 200 g/mol. The highest BCUT2D eigenvalue weighted by Crippen LogP contribution is 2.08. The van der Waals surface area contributed by atoms with E-state index in [0.29, 0.717) is 10.9 Å². The van der Waals surface area contributed by atoms with E-state index in [2.05, 4.69) is 15.9 Å². The lowest BCUT2D eigenvalue weighted by atomic mass is 9.95. The molecule has 1 aromatic carbocycles. The van der Waals surface area contributed by atoms with Gasteiger partial charge in [0.15, 0.2) is 0 Å². The summed E-state index contributed by atoms with van der Waals surface area (Å²) in [6, 6.07) is 5.23. The molecule has 0 aliphatic rings. The van der Waals surface area contributed by atoms with E-state index in [1.807, 2.05) is 13.9 Å². The fraction of sp³-hybridized carbons (Fsp3) is 0.143. The van der Waals surface area contributed by atoms with Gasteiger partial charge in [-0.15, -0.1) is 0 Å². The summed E-state index contributed by atoms with van der Waals surface area (Å²) in [4.78, 5) is 0. The summed E-state index contributed by atoms with van der Waals surface area (Å²) < 4.78 is 12.8. The van der Waals surface area contributed by atoms with Crippen LogP contribution in [0.5, 0.6) is 0 Å². The summed E-state index contributed by atoms with van der Waals surface area (Å²) in [6.07, 6.45) is 0. The Morgan fingerprint density at radius 1 is 1.50 bits per heavy atom. The first-order valence-electron chi connectivity index (χ1n) is 3.05. The Balaban J connectivity index is 3.07. The van der Waals surface area contributed by atoms with E-state index in [1.165, 1.54) is 6.07 Å². The molecule has 10 heavy (non-hydrogen) atoms. The summed E-state index contributed by atoms with van der Waals surface area (Å²) in [5.41, 5.74) is 1.67. The van der Waals surface area contributed by atoms with Crippen LogP contribution in [-0.2, 0) is 5.33 Å². The molecule has 0 bridgehead atoms. The van der Waals surface area contributed by atoms with Crippen LogP contribution in [0.25, 0.3) is 0 Å². The SMILES string of the molecule is Bc1ccc(CBr)c(F)c1. The second kappa shape index (κ2) is 3.19. The van der Waals surface area contributed by atoms with Gasteiger partial charge in [-0.05, 0) is 11.6 Å². The van der Waals surface area contributed by atoms with E-state index < -0.39 is 0 Å². The van der Waals surface area contributed by atoms with Crippen LogP contribution in [0.3, 0.4) is 0 Å². The van der Waals surface area contributed by atoms with Crippen molar-refractivity contribution in [2.45, 2.75) is 5.33 Å². The van der Waals surface area contributed by atoms with Gasteiger partial charge in [0.2, 0.25) is 0 Å². The van der Waals surface area contributed by atoms with Crippen molar-refractivity contribution in [3.8, 4) is 0 Å². The van der Waals surface area contributed by atoms with Crippen LogP contribution < -0.4 is 5.46 Å². The first-order valence-corrected chi connectivity index (χ1v) is 4.17. The van der Waals surface area contributed by atoms with Crippen LogP contribution in [0.2, 0.25) is 0 Å². The zero-order valence-electron chi connectivity index (χ0n) is 5.70. The maximum Gasteiger partial charge on any atom is 0.139 e. The van der Waals surface area contributed by atoms with Crippen LogP contribution in [0.15, 0.2) is 18.2 Å². The molecule has 0 saturated heterocycles. The van der Waals surface area contributed by atoms with Crippen molar-refractivity contribution in [1.82, 2.24) is 0 Å². The van der Waals surface area contributed by atoms with Gasteiger partial charge in [0.1, 0.15) is 13.7 Å². The van der Waals surface area contributed by atoms with Gasteiger partial charge in [-0.2, -0.15) is 0 Å². The minimum Gasteiger partial charge on any atom is -0.207 e. The number of benzene rings is 1. The molecule has 0 heterocycles. The third kappa shape index (κ3) is 1.60. The predicted molar refractivity (Wildman–Crippen MR) is 47.2 cm³/mol. The summed E-state index contributed by atoms with van der Waals surface area (Å²) in [5, 5.41) is 0.582. The molecule has 0 atom stereocenters. The molecular formula is C7H7BBrF. The van der Waals surface area contributed by atoms with Crippen molar-refractivity contribution >= 4 is 29.2 Å². The Kier molecular flexibility index (Phi) is 2.49. The Labute approximate surface area is 69.0 Å². The van der Waals surface area contributed by atoms with E-state index in [1.54, 1.807) is 6.07 Å². The fourth-order valence-electron chi connectivity index (χ4n) is 0.761. The van der Waals surface area contributed by atoms with Crippen LogP contribution in [0, 0.1) is 5.82 Å². The Morgan fingerprint density at radius 2 is 2.20 bits per heavy atom. The zero-order valence-corrected chi connectivity index (χ0v) is 7.28. The maximum absolute atomic E-state index is 12.8. The zero-order chi connectivity index (χ0) is 7.56. The van der Waals surface area contributed by atoms with Crippen molar-refractivity contribution < 1.29 is 4.39 Å². The molecule has 3 heteroatoms. The molecule has 0 aliphatic carbocycles. The average molecular weight is 201 g/mol. The number of hydrogen-bond donors (Lipinski definition) is 0. The molecule has 0 N–H and O–H groups in total. The standard InChI is InChI=1S/C7H7BBrF/c8-6-2-1-5(4-9)7(10)3-6/h1-3H,4,8H2. The Morgan fingerprint density at radius 3 is 2.70 bits per heavy atom. The molecule has 0 unspecified atom stereocenters. The molecular weight excluding hydrogens is 194 g/mol. The lowest BCUT2D eigenvalue weighted by Crippen LogP contribution is -2.03. The molecule has 0 spiro atoms. The Hall–Kier alpha value is -0.305. The third-order valence-corrected chi connectivity index (χ3v) is 1.96. The number of hydrogen-bond acceptors (Lipinski definition) is 0. The number of alkyl halides is 1. The quantitative estimate of drug-likeness (QED) is 0.469. The molecule has 52 valence electrons. The second-order valence-electron chi connectivity index (χ2n) is 2.23. The van der Waals surface area contributed by atoms with E-state index in [-0.39, 0.29) is 5.82 Å². The van der Waals surface area contributed by atoms with Gasteiger partial charge in [0.05, 0.1) is 0 Å². The van der Waals surface area contributed by atoms with Gasteiger partial charge in [0, 0.05) is 5.33 Å². The fourth-order valence-corrected chi connectivity index (χ4v) is 1.22. The van der Waals surface area contributed by atoms with Crippen molar-refractivity contribution in [2.24, 2.45) is 0 Å². The first kappa shape index (κ1) is 7.80. The predicted octanol–water partition coefficient (Wildman–Crippen LogP) is 0.979. The molecule has 1 rings (SSSR count). The van der Waals surface area contributed by atoms with Crippen molar-refractivity contribution in [1.29, 1.82) is 0 Å². The average Bonchev–Trinajstić information content (AvgIpc) is 1.88. The topological polar surface area (TPSA) is 0 Å². The summed E-state index contributed by atoms with van der Waals surface area (Å²) in [7, 11) is 1.88. The largest absolute Gasteiger partial charge is 0.207 e. The smallest absolute Gasteiger partial charge is 0.139 e. The highest BCUT2D eigenvalue weighted by atomic mass is 79.9. The Bertz CT molecular complexity index is 237. The summed E-state index contributed by atoms with van der Waals surface area (Å²) >= 11 is 3.19. The van der Waals surface area contributed by atoms with E-state index >= 15 is 0 Å². The molecule has 1 aromatic rings. The van der Waals surface area contributed by atoms with Gasteiger partial charge in [-0.3, -0.25) is 0 Å². The van der Waals surface area contributed by atoms with Gasteiger partial charge in [0.25, 0.3) is 0 Å². The van der Waals surface area contributed by atoms with E-state index in [9.17, 15) is 4.39 Å². The minimum atomic E-state index is -0.128. The first-order chi connectivity index (χ1) is 4.74. The minimum absolute atomic E-state index is 0.128. The molecule has 0 nitrogen and oxygen atoms in total. The van der Waals surface area contributed by atoms with E-state index in [4.69, 9.17) is 0 Å². The van der Waals surface area contributed by atoms with Crippen molar-refractivity contribution in [3.63, 3.8) is 0 Å². The second-order valence-corrected chi connectivity index (χ2v) is 2.79. The van der Waals surface area contributed by atoms with Gasteiger partial charge in [-0.25, -0.2) is 4.39 Å². The van der Waals surface area contributed by atoms with Gasteiger partial charge in [-0.1, -0.05) is 33.5 Å². The maximum atomic E-state index is 12.8. The van der Waals surface area contributed by atoms with Crippen LogP contribution >= 0.6 is 15.9 Å². The van der Waals surface area contributed by atoms with Gasteiger partial charge < -0.3 is 0 Å². The van der Waals surface area contributed by atoms with Crippen molar-refractivity contribution in [3.05, 3.63) is 29.6 Å². The van der Waals surface area contributed by atoms with Crippen molar-refractivity contribution in [2.75, 3.05) is 0 Å². The third-order valence-electron chi connectivity index (χ3n) is 1.35. The summed E-state index contributed by atoms with van der Waals surface area (Å²) in [6.45, 7) is 0. The van der Waals surface area contributed by atoms with Crippen LogP contribution in [-0.4, -0.2) is 7.85 Å². The summed E-state index contributed by atoms with van der Waals surface area (Å²) in [5.74, 6) is -0.128. The molecule has 0 saturated carbocycles. The van der Waals surface area contributed by atoms with E-state index in [0.717, 1.165) is 5.46 Å². The molecule has 0 aromatic heterocycles. The van der Waals surface area contributed by atoms with Crippen LogP contribution in [0.1, 0.15) is 5.56 Å². The lowest BCUT2D eigenvalue weighted by Gasteiger charge is -1.97. The highest BCUT2D eigenvalue weighted by Gasteiger charge is 1.97. The lowest BCUT2D eigenvalue weighted by molar-refractivity contribution is 0.619. The molecule has 0 aliphatic heterocycles. The molecule has 0 amide bonds. The number of halogens is 2.